The van der Waals surface area contributed by atoms with Gasteiger partial charge in [0.15, 0.2) is 0 Å². The zero-order chi connectivity index (χ0) is 12.4. The fourth-order valence-corrected chi connectivity index (χ4v) is 4.72. The summed E-state index contributed by atoms with van der Waals surface area (Å²) < 4.78 is 1.16. The van der Waals surface area contributed by atoms with Crippen molar-refractivity contribution in [1.82, 2.24) is 0 Å². The zero-order valence-electron chi connectivity index (χ0n) is 10.7. The maximum Gasteiger partial charge on any atom is 0.118 e. The summed E-state index contributed by atoms with van der Waals surface area (Å²) >= 11 is 3.69. The summed E-state index contributed by atoms with van der Waals surface area (Å²) in [5, 5.41) is 9.96. The Labute approximate surface area is 111 Å². The molecule has 17 heavy (non-hydrogen) atoms. The van der Waals surface area contributed by atoms with Gasteiger partial charge in [-0.25, -0.2) is 0 Å². The molecule has 1 N–H and O–H groups in total. The van der Waals surface area contributed by atoms with Crippen LogP contribution >= 0.6 is 15.9 Å². The lowest BCUT2D eigenvalue weighted by atomic mass is 9.70. The van der Waals surface area contributed by atoms with Crippen molar-refractivity contribution in [3.8, 4) is 5.75 Å². The quantitative estimate of drug-likeness (QED) is 0.806. The Hall–Kier alpha value is -0.500. The fourth-order valence-electron chi connectivity index (χ4n) is 3.82. The van der Waals surface area contributed by atoms with E-state index in [-0.39, 0.29) is 5.41 Å². The van der Waals surface area contributed by atoms with E-state index in [1.54, 1.807) is 0 Å². The number of aryl methyl sites for hydroxylation is 1. The molecule has 3 atom stereocenters. The van der Waals surface area contributed by atoms with Crippen LogP contribution in [0.2, 0.25) is 0 Å². The van der Waals surface area contributed by atoms with Gasteiger partial charge < -0.3 is 5.11 Å². The third-order valence-electron chi connectivity index (χ3n) is 5.54. The van der Waals surface area contributed by atoms with Crippen LogP contribution in [-0.4, -0.2) is 5.11 Å². The maximum atomic E-state index is 9.96. The van der Waals surface area contributed by atoms with Gasteiger partial charge in [0.25, 0.3) is 0 Å². The molecule has 0 spiro atoms. The second-order valence-electron chi connectivity index (χ2n) is 6.31. The molecule has 2 aliphatic rings. The molecule has 2 fully saturated rings. The number of hydrogen-bond donors (Lipinski definition) is 1. The minimum absolute atomic E-state index is 0.224. The highest BCUT2D eigenvalue weighted by Gasteiger charge is 2.65. The summed E-state index contributed by atoms with van der Waals surface area (Å²) in [5.74, 6) is 1.33. The van der Waals surface area contributed by atoms with E-state index in [4.69, 9.17) is 0 Å². The van der Waals surface area contributed by atoms with Crippen LogP contribution < -0.4 is 0 Å². The van der Waals surface area contributed by atoms with Gasteiger partial charge in [-0.15, -0.1) is 0 Å². The van der Waals surface area contributed by atoms with Gasteiger partial charge >= 0.3 is 0 Å². The summed E-state index contributed by atoms with van der Waals surface area (Å²) in [6, 6.07) is 4.03. The van der Waals surface area contributed by atoms with Crippen molar-refractivity contribution in [3.05, 3.63) is 27.7 Å². The first-order chi connectivity index (χ1) is 7.88. The van der Waals surface area contributed by atoms with E-state index in [1.165, 1.54) is 24.8 Å². The number of hydrogen-bond acceptors (Lipinski definition) is 1. The summed E-state index contributed by atoms with van der Waals surface area (Å²) in [5.41, 5.74) is 2.92. The number of aromatic hydroxyl groups is 1. The lowest BCUT2D eigenvalue weighted by Gasteiger charge is -2.34. The highest BCUT2D eigenvalue weighted by molar-refractivity contribution is 9.10. The van der Waals surface area contributed by atoms with E-state index in [0.29, 0.717) is 11.2 Å². The van der Waals surface area contributed by atoms with Crippen molar-refractivity contribution in [2.75, 3.05) is 0 Å². The van der Waals surface area contributed by atoms with E-state index in [1.807, 2.05) is 13.0 Å². The van der Waals surface area contributed by atoms with E-state index in [0.717, 1.165) is 16.0 Å². The maximum absolute atomic E-state index is 9.96. The molecule has 0 saturated heterocycles. The van der Waals surface area contributed by atoms with E-state index >= 15 is 0 Å². The van der Waals surface area contributed by atoms with Crippen LogP contribution in [0.3, 0.4) is 0 Å². The second-order valence-corrected chi connectivity index (χ2v) is 7.16. The van der Waals surface area contributed by atoms with Gasteiger partial charge in [0.2, 0.25) is 0 Å². The first kappa shape index (κ1) is 11.6. The highest BCUT2D eigenvalue weighted by atomic mass is 79.9. The number of halogens is 1. The lowest BCUT2D eigenvalue weighted by molar-refractivity contribution is 0.308. The zero-order valence-corrected chi connectivity index (χ0v) is 12.3. The molecule has 0 heterocycles. The van der Waals surface area contributed by atoms with Crippen LogP contribution in [0.1, 0.15) is 44.2 Å². The summed E-state index contributed by atoms with van der Waals surface area (Å²) in [4.78, 5) is 0. The van der Waals surface area contributed by atoms with E-state index in [2.05, 4.69) is 35.8 Å². The van der Waals surface area contributed by atoms with E-state index in [9.17, 15) is 5.11 Å². The van der Waals surface area contributed by atoms with Gasteiger partial charge in [0.05, 0.1) is 0 Å². The Bertz CT molecular complexity index is 494. The minimum atomic E-state index is 0.224. The van der Waals surface area contributed by atoms with Crippen LogP contribution in [0.25, 0.3) is 0 Å². The van der Waals surface area contributed by atoms with Crippen LogP contribution in [0.5, 0.6) is 5.75 Å². The van der Waals surface area contributed by atoms with Crippen molar-refractivity contribution < 1.29 is 5.11 Å². The van der Waals surface area contributed by atoms with Gasteiger partial charge in [-0.3, -0.25) is 0 Å². The number of fused-ring (bicyclic) bond motifs is 1. The van der Waals surface area contributed by atoms with Crippen LogP contribution in [-0.2, 0) is 5.41 Å². The Morgan fingerprint density at radius 2 is 2.06 bits per heavy atom. The van der Waals surface area contributed by atoms with Gasteiger partial charge in [-0.05, 0) is 66.2 Å². The minimum Gasteiger partial charge on any atom is -0.508 e. The molecule has 2 saturated carbocycles. The Kier molecular flexibility index (Phi) is 2.24. The molecule has 92 valence electrons. The fraction of sp³-hybridized carbons (Fsp3) is 0.600. The topological polar surface area (TPSA) is 20.2 Å². The molecule has 0 bridgehead atoms. The molecule has 3 unspecified atom stereocenters. The second kappa shape index (κ2) is 3.28. The monoisotopic (exact) mass is 294 g/mol. The molecule has 0 aromatic heterocycles. The van der Waals surface area contributed by atoms with Crippen LogP contribution in [0.4, 0.5) is 0 Å². The first-order valence-corrected chi connectivity index (χ1v) is 7.17. The molecule has 2 heteroatoms. The van der Waals surface area contributed by atoms with Gasteiger partial charge in [-0.1, -0.05) is 29.8 Å². The first-order valence-electron chi connectivity index (χ1n) is 6.38. The molecular weight excluding hydrogens is 276 g/mol. The molecule has 1 aromatic carbocycles. The number of rotatable bonds is 1. The molecule has 0 amide bonds. The summed E-state index contributed by atoms with van der Waals surface area (Å²) in [7, 11) is 0. The van der Waals surface area contributed by atoms with Crippen molar-refractivity contribution >= 4 is 15.9 Å². The van der Waals surface area contributed by atoms with Crippen molar-refractivity contribution in [1.29, 1.82) is 0 Å². The van der Waals surface area contributed by atoms with Gasteiger partial charge in [-0.2, -0.15) is 0 Å². The summed E-state index contributed by atoms with van der Waals surface area (Å²) in [6.07, 6.45) is 3.94. The molecule has 3 rings (SSSR count). The average Bonchev–Trinajstić information content (AvgIpc) is 2.87. The predicted molar refractivity (Wildman–Crippen MR) is 73.3 cm³/mol. The van der Waals surface area contributed by atoms with Gasteiger partial charge in [0.1, 0.15) is 5.75 Å². The molecule has 1 nitrogen and oxygen atoms in total. The van der Waals surface area contributed by atoms with Crippen molar-refractivity contribution in [2.45, 2.75) is 45.4 Å². The third kappa shape index (κ3) is 1.36. The average molecular weight is 295 g/mol. The van der Waals surface area contributed by atoms with Gasteiger partial charge in [0, 0.05) is 4.47 Å². The van der Waals surface area contributed by atoms with E-state index < -0.39 is 0 Å². The Balaban J connectivity index is 2.13. The van der Waals surface area contributed by atoms with Crippen molar-refractivity contribution in [3.63, 3.8) is 0 Å². The normalized spacial score (nSPS) is 39.2. The number of phenols is 1. The highest BCUT2D eigenvalue weighted by Crippen LogP contribution is 2.72. The smallest absolute Gasteiger partial charge is 0.118 e. The SMILES string of the molecule is Cc1cc(Br)c(C2(C)CCC3CC32C)cc1O. The largest absolute Gasteiger partial charge is 0.508 e. The predicted octanol–water partition coefficient (Wildman–Crippen LogP) is 4.54. The Morgan fingerprint density at radius 3 is 2.59 bits per heavy atom. The third-order valence-corrected chi connectivity index (χ3v) is 6.20. The van der Waals surface area contributed by atoms with Crippen LogP contribution in [0, 0.1) is 18.3 Å². The molecule has 1 aromatic rings. The number of benzene rings is 1. The van der Waals surface area contributed by atoms with Crippen molar-refractivity contribution in [2.24, 2.45) is 11.3 Å². The lowest BCUT2D eigenvalue weighted by Crippen LogP contribution is -2.29. The number of phenolic OH excluding ortho intramolecular Hbond substituents is 1. The summed E-state index contributed by atoms with van der Waals surface area (Å²) in [6.45, 7) is 6.73. The molecule has 0 aliphatic heterocycles. The standard InChI is InChI=1S/C15H19BrO/c1-9-6-12(16)11(7-13(9)17)14(2)5-4-10-8-15(10,14)3/h6-7,10,17H,4-5,8H2,1-3H3. The molecule has 0 radical (unpaired) electrons. The Morgan fingerprint density at radius 1 is 1.35 bits per heavy atom. The molecular formula is C15H19BrO. The van der Waals surface area contributed by atoms with Crippen LogP contribution in [0.15, 0.2) is 16.6 Å². The molecule has 2 aliphatic carbocycles.